The van der Waals surface area contributed by atoms with Crippen molar-refractivity contribution >= 4 is 45.9 Å². The normalized spacial score (nSPS) is 14.0. The predicted octanol–water partition coefficient (Wildman–Crippen LogP) is 5.99. The molecule has 0 radical (unpaired) electrons. The van der Waals surface area contributed by atoms with Crippen LogP contribution in [0, 0.1) is 0 Å². The van der Waals surface area contributed by atoms with Crippen LogP contribution in [-0.2, 0) is 10.8 Å². The molecule has 1 rings (SSSR count). The van der Waals surface area contributed by atoms with Crippen LogP contribution < -0.4 is 5.32 Å². The van der Waals surface area contributed by atoms with E-state index in [1.807, 2.05) is 0 Å². The molecule has 0 bridgehead atoms. The summed E-state index contributed by atoms with van der Waals surface area (Å²) < 4.78 is 8.01. The minimum atomic E-state index is -1.70. The molecule has 3 nitrogen and oxygen atoms in total. The van der Waals surface area contributed by atoms with Gasteiger partial charge in [0.25, 0.3) is 0 Å². The highest BCUT2D eigenvalue weighted by atomic mass is 79.9. The summed E-state index contributed by atoms with van der Waals surface area (Å²) in [6.07, 6.45) is 0.949. The zero-order valence-electron chi connectivity index (χ0n) is 14.7. The van der Waals surface area contributed by atoms with E-state index in [4.69, 9.17) is 4.43 Å². The van der Waals surface area contributed by atoms with Crippen molar-refractivity contribution in [3.63, 3.8) is 0 Å². The highest BCUT2D eigenvalue weighted by Crippen LogP contribution is 2.36. The van der Waals surface area contributed by atoms with Crippen LogP contribution in [0.5, 0.6) is 0 Å². The maximum Gasteiger partial charge on any atom is 0.192 e. The molecule has 0 amide bonds. The Morgan fingerprint density at radius 1 is 1.27 bits per heavy atom. The fourth-order valence-electron chi connectivity index (χ4n) is 1.72. The van der Waals surface area contributed by atoms with Crippen LogP contribution in [0.2, 0.25) is 18.1 Å². The number of hydrogen-bond acceptors (Lipinski definition) is 3. The molecule has 0 aliphatic carbocycles. The first-order valence-electron chi connectivity index (χ1n) is 7.73. The number of halogens is 2. The maximum atomic E-state index is 6.28. The van der Waals surface area contributed by atoms with Gasteiger partial charge in [-0.2, -0.15) is 0 Å². The maximum absolute atomic E-state index is 6.28. The van der Waals surface area contributed by atoms with Crippen LogP contribution in [0.4, 0.5) is 5.69 Å². The summed E-state index contributed by atoms with van der Waals surface area (Å²) in [5.41, 5.74) is 2.22. The average Bonchev–Trinajstić information content (AvgIpc) is 2.38. The van der Waals surface area contributed by atoms with Gasteiger partial charge in [-0.05, 0) is 75.0 Å². The molecule has 0 aliphatic rings. The molecule has 0 saturated carbocycles. The molecule has 126 valence electrons. The van der Waals surface area contributed by atoms with Gasteiger partial charge in [0, 0.05) is 6.04 Å². The number of aromatic nitrogens is 1. The van der Waals surface area contributed by atoms with Gasteiger partial charge in [0.05, 0.1) is 12.3 Å². The van der Waals surface area contributed by atoms with E-state index in [-0.39, 0.29) is 11.1 Å². The molecule has 1 atom stereocenters. The number of rotatable bonds is 6. The summed E-state index contributed by atoms with van der Waals surface area (Å²) >= 11 is 7.02. The number of anilines is 1. The Labute approximate surface area is 153 Å². The zero-order valence-corrected chi connectivity index (χ0v) is 18.9. The molecule has 1 N–H and O–H groups in total. The summed E-state index contributed by atoms with van der Waals surface area (Å²) in [6, 6.07) is 2.38. The quantitative estimate of drug-likeness (QED) is 0.425. The molecule has 0 saturated heterocycles. The third-order valence-corrected chi connectivity index (χ3v) is 10.1. The zero-order chi connectivity index (χ0) is 17.1. The summed E-state index contributed by atoms with van der Waals surface area (Å²) in [5.74, 6) is 0. The Morgan fingerprint density at radius 3 is 2.36 bits per heavy atom. The number of pyridine rings is 1. The Balaban J connectivity index is 2.72. The van der Waals surface area contributed by atoms with Crippen molar-refractivity contribution in [3.05, 3.63) is 20.8 Å². The Hall–Kier alpha value is 0.0869. The first-order valence-corrected chi connectivity index (χ1v) is 12.2. The molecule has 0 unspecified atom stereocenters. The molecule has 6 heteroatoms. The van der Waals surface area contributed by atoms with E-state index in [9.17, 15) is 0 Å². The van der Waals surface area contributed by atoms with Crippen LogP contribution >= 0.6 is 31.9 Å². The van der Waals surface area contributed by atoms with Gasteiger partial charge >= 0.3 is 0 Å². The van der Waals surface area contributed by atoms with E-state index < -0.39 is 8.32 Å². The molecule has 0 fully saturated rings. The Bertz CT molecular complexity index is 516. The number of hydrogen-bond donors (Lipinski definition) is 1. The van der Waals surface area contributed by atoms with Gasteiger partial charge in [-0.25, -0.2) is 4.98 Å². The van der Waals surface area contributed by atoms with E-state index >= 15 is 0 Å². The minimum Gasteiger partial charge on any atom is -0.415 e. The van der Waals surface area contributed by atoms with E-state index in [1.54, 1.807) is 0 Å². The Kier molecular flexibility index (Phi) is 7.11. The molecule has 0 aromatic carbocycles. The van der Waals surface area contributed by atoms with Crippen molar-refractivity contribution in [2.45, 2.75) is 65.2 Å². The van der Waals surface area contributed by atoms with Crippen LogP contribution in [0.1, 0.15) is 40.2 Å². The highest BCUT2D eigenvalue weighted by Gasteiger charge is 2.37. The summed E-state index contributed by atoms with van der Waals surface area (Å²) in [5, 5.41) is 3.74. The van der Waals surface area contributed by atoms with Crippen LogP contribution in [0.3, 0.4) is 0 Å². The highest BCUT2D eigenvalue weighted by molar-refractivity contribution is 9.11. The molecule has 0 aliphatic heterocycles. The molecule has 22 heavy (non-hydrogen) atoms. The topological polar surface area (TPSA) is 34.1 Å². The molecule has 1 heterocycles. The summed E-state index contributed by atoms with van der Waals surface area (Å²) in [4.78, 5) is 4.48. The second kappa shape index (κ2) is 7.77. The minimum absolute atomic E-state index is 0.234. The van der Waals surface area contributed by atoms with E-state index in [0.717, 1.165) is 21.3 Å². The standard InChI is InChI=1S/C16H28Br2N2OSi/c1-8-12-9-13(15(18)20-14(12)17)19-11(2)10-21-22(6,7)16(3,4)5/h9,11,19H,8,10H2,1-7H3/t11-/m1/s1. The lowest BCUT2D eigenvalue weighted by molar-refractivity contribution is 0.276. The van der Waals surface area contributed by atoms with Crippen LogP contribution in [0.15, 0.2) is 15.3 Å². The average molecular weight is 452 g/mol. The summed E-state index contributed by atoms with van der Waals surface area (Å²) in [7, 11) is -1.70. The number of aryl methyl sites for hydroxylation is 1. The largest absolute Gasteiger partial charge is 0.415 e. The predicted molar refractivity (Wildman–Crippen MR) is 105 cm³/mol. The summed E-state index contributed by atoms with van der Waals surface area (Å²) in [6.45, 7) is 16.3. The number of nitrogens with zero attached hydrogens (tertiary/aromatic N) is 1. The van der Waals surface area contributed by atoms with Crippen molar-refractivity contribution in [1.82, 2.24) is 4.98 Å². The molecule has 0 spiro atoms. The second-order valence-corrected chi connectivity index (χ2v) is 13.6. The van der Waals surface area contributed by atoms with Crippen LogP contribution in [-0.4, -0.2) is 26.0 Å². The molecule has 1 aromatic heterocycles. The van der Waals surface area contributed by atoms with Gasteiger partial charge in [-0.3, -0.25) is 0 Å². The second-order valence-electron chi connectivity index (χ2n) is 7.25. The molecular weight excluding hydrogens is 424 g/mol. The first kappa shape index (κ1) is 20.1. The Morgan fingerprint density at radius 2 is 1.86 bits per heavy atom. The van der Waals surface area contributed by atoms with Crippen molar-refractivity contribution in [2.75, 3.05) is 11.9 Å². The van der Waals surface area contributed by atoms with Crippen molar-refractivity contribution in [1.29, 1.82) is 0 Å². The fraction of sp³-hybridized carbons (Fsp3) is 0.688. The van der Waals surface area contributed by atoms with E-state index in [2.05, 4.69) is 95.9 Å². The van der Waals surface area contributed by atoms with Crippen molar-refractivity contribution < 1.29 is 4.43 Å². The first-order chi connectivity index (χ1) is 9.98. The lowest BCUT2D eigenvalue weighted by Gasteiger charge is -2.37. The SMILES string of the molecule is CCc1cc(N[C@H](C)CO[Si](C)(C)C(C)(C)C)c(Br)nc1Br. The van der Waals surface area contributed by atoms with Gasteiger partial charge in [-0.15, -0.1) is 0 Å². The van der Waals surface area contributed by atoms with Gasteiger partial charge in [0.2, 0.25) is 0 Å². The van der Waals surface area contributed by atoms with Gasteiger partial charge < -0.3 is 9.74 Å². The third-order valence-electron chi connectivity index (χ3n) is 4.29. The van der Waals surface area contributed by atoms with Crippen LogP contribution in [0.25, 0.3) is 0 Å². The fourth-order valence-corrected chi connectivity index (χ4v) is 4.03. The van der Waals surface area contributed by atoms with Gasteiger partial charge in [0.15, 0.2) is 8.32 Å². The smallest absolute Gasteiger partial charge is 0.192 e. The van der Waals surface area contributed by atoms with E-state index in [0.29, 0.717) is 6.61 Å². The van der Waals surface area contributed by atoms with E-state index in [1.165, 1.54) is 5.56 Å². The lowest BCUT2D eigenvalue weighted by Crippen LogP contribution is -2.43. The monoisotopic (exact) mass is 450 g/mol. The third kappa shape index (κ3) is 5.32. The lowest BCUT2D eigenvalue weighted by atomic mass is 10.2. The van der Waals surface area contributed by atoms with Crippen molar-refractivity contribution in [3.8, 4) is 0 Å². The number of nitrogens with one attached hydrogen (secondary N) is 1. The molecule has 1 aromatic rings. The van der Waals surface area contributed by atoms with Crippen molar-refractivity contribution in [2.24, 2.45) is 0 Å². The van der Waals surface area contributed by atoms with Gasteiger partial charge in [-0.1, -0.05) is 27.7 Å². The van der Waals surface area contributed by atoms with Gasteiger partial charge in [0.1, 0.15) is 9.21 Å². The molecular formula is C16H28Br2N2OSi.